The third-order valence-electron chi connectivity index (χ3n) is 4.99. The molecule has 0 saturated carbocycles. The van der Waals surface area contributed by atoms with Crippen LogP contribution in [0.25, 0.3) is 0 Å². The van der Waals surface area contributed by atoms with Crippen molar-refractivity contribution in [3.8, 4) is 0 Å². The van der Waals surface area contributed by atoms with Crippen molar-refractivity contribution in [2.75, 3.05) is 6.61 Å². The predicted molar refractivity (Wildman–Crippen MR) is 132 cm³/mol. The SMILES string of the molecule is C=C(C)C(=O)OCC.C=CC(=O)OC(=O)CCCCCCCCCCCCCCCCC. The Morgan fingerprint density at radius 2 is 1.12 bits per heavy atom. The third-order valence-corrected chi connectivity index (χ3v) is 4.99. The summed E-state index contributed by atoms with van der Waals surface area (Å²) in [5.74, 6) is -1.40. The van der Waals surface area contributed by atoms with Gasteiger partial charge in [-0.15, -0.1) is 0 Å². The van der Waals surface area contributed by atoms with E-state index in [1.807, 2.05) is 0 Å². The highest BCUT2D eigenvalue weighted by molar-refractivity contribution is 5.91. The monoisotopic (exact) mass is 452 g/mol. The van der Waals surface area contributed by atoms with E-state index in [2.05, 4.69) is 29.6 Å². The van der Waals surface area contributed by atoms with E-state index in [9.17, 15) is 14.4 Å². The molecule has 186 valence electrons. The highest BCUT2D eigenvalue weighted by Crippen LogP contribution is 2.13. The summed E-state index contributed by atoms with van der Waals surface area (Å²) in [5.41, 5.74) is 0.451. The van der Waals surface area contributed by atoms with Gasteiger partial charge in [0.15, 0.2) is 0 Å². The second-order valence-electron chi connectivity index (χ2n) is 8.20. The van der Waals surface area contributed by atoms with Crippen LogP contribution in [-0.2, 0) is 23.9 Å². The molecule has 0 heterocycles. The number of carbonyl (C=O) groups excluding carboxylic acids is 3. The fourth-order valence-corrected chi connectivity index (χ4v) is 3.10. The summed E-state index contributed by atoms with van der Waals surface area (Å²) in [5, 5.41) is 0. The van der Waals surface area contributed by atoms with Crippen LogP contribution < -0.4 is 0 Å². The van der Waals surface area contributed by atoms with Crippen LogP contribution in [0.4, 0.5) is 0 Å². The van der Waals surface area contributed by atoms with E-state index in [1.165, 1.54) is 83.5 Å². The third kappa shape index (κ3) is 26.1. The Hall–Kier alpha value is -1.91. The second kappa shape index (κ2) is 25.4. The molecule has 0 N–H and O–H groups in total. The standard InChI is InChI=1S/C21H38O3.C6H10O2/c1-3-5-6-7-8-9-10-11-12-13-14-15-16-17-18-19-21(23)24-20(22)4-2;1-4-8-6(7)5(2)3/h4H,2-3,5-19H2,1H3;2,4H2,1,3H3. The van der Waals surface area contributed by atoms with Crippen LogP contribution in [0.1, 0.15) is 124 Å². The van der Waals surface area contributed by atoms with Crippen LogP contribution in [-0.4, -0.2) is 24.5 Å². The molecular formula is C27H48O5. The number of carbonyl (C=O) groups is 3. The van der Waals surface area contributed by atoms with Gasteiger partial charge in [0.25, 0.3) is 0 Å². The molecule has 5 heteroatoms. The quantitative estimate of drug-likeness (QED) is 0.0872. The Balaban J connectivity index is 0. The van der Waals surface area contributed by atoms with Gasteiger partial charge in [-0.1, -0.05) is 110 Å². The largest absolute Gasteiger partial charge is 0.463 e. The molecule has 0 unspecified atom stereocenters. The molecule has 0 rings (SSSR count). The summed E-state index contributed by atoms with van der Waals surface area (Å²) < 4.78 is 9.09. The van der Waals surface area contributed by atoms with Crippen LogP contribution in [0.15, 0.2) is 24.8 Å². The summed E-state index contributed by atoms with van der Waals surface area (Å²) in [4.78, 5) is 32.5. The molecule has 0 radical (unpaired) electrons. The second-order valence-corrected chi connectivity index (χ2v) is 8.20. The van der Waals surface area contributed by atoms with Gasteiger partial charge in [-0.05, 0) is 20.3 Å². The Morgan fingerprint density at radius 1 is 0.719 bits per heavy atom. The molecule has 0 bridgehead atoms. The van der Waals surface area contributed by atoms with Gasteiger partial charge in [0.1, 0.15) is 0 Å². The lowest BCUT2D eigenvalue weighted by molar-refractivity contribution is -0.156. The number of rotatable bonds is 19. The first-order valence-corrected chi connectivity index (χ1v) is 12.6. The molecule has 0 amide bonds. The molecule has 0 aliphatic heterocycles. The smallest absolute Gasteiger partial charge is 0.337 e. The molecule has 5 nitrogen and oxygen atoms in total. The van der Waals surface area contributed by atoms with Gasteiger partial charge in [0, 0.05) is 18.1 Å². The van der Waals surface area contributed by atoms with E-state index < -0.39 is 11.9 Å². The molecule has 0 aliphatic rings. The van der Waals surface area contributed by atoms with Crippen molar-refractivity contribution < 1.29 is 23.9 Å². The molecule has 0 aromatic rings. The summed E-state index contributed by atoms with van der Waals surface area (Å²) in [6.07, 6.45) is 20.8. The van der Waals surface area contributed by atoms with Crippen molar-refractivity contribution in [1.29, 1.82) is 0 Å². The van der Waals surface area contributed by atoms with Crippen LogP contribution in [0.5, 0.6) is 0 Å². The maximum atomic E-state index is 11.3. The molecule has 0 aromatic heterocycles. The average molecular weight is 453 g/mol. The zero-order valence-corrected chi connectivity index (χ0v) is 21.1. The molecule has 0 aromatic carbocycles. The Labute approximate surface area is 197 Å². The van der Waals surface area contributed by atoms with Crippen LogP contribution in [0.3, 0.4) is 0 Å². The molecule has 0 aliphatic carbocycles. The topological polar surface area (TPSA) is 69.7 Å². The minimum absolute atomic E-state index is 0.312. The highest BCUT2D eigenvalue weighted by Gasteiger charge is 2.06. The van der Waals surface area contributed by atoms with Crippen molar-refractivity contribution in [2.45, 2.75) is 124 Å². The number of esters is 3. The number of hydrogen-bond donors (Lipinski definition) is 0. The lowest BCUT2D eigenvalue weighted by Gasteiger charge is -2.03. The lowest BCUT2D eigenvalue weighted by atomic mass is 10.0. The molecule has 0 saturated heterocycles. The summed E-state index contributed by atoms with van der Waals surface area (Å²) in [6, 6.07) is 0. The van der Waals surface area contributed by atoms with E-state index in [4.69, 9.17) is 0 Å². The van der Waals surface area contributed by atoms with Gasteiger partial charge in [-0.25, -0.2) is 9.59 Å². The van der Waals surface area contributed by atoms with Crippen LogP contribution in [0.2, 0.25) is 0 Å². The number of ether oxygens (including phenoxy) is 2. The van der Waals surface area contributed by atoms with Crippen molar-refractivity contribution >= 4 is 17.9 Å². The summed E-state index contributed by atoms with van der Waals surface area (Å²) in [6.45, 7) is 12.7. The average Bonchev–Trinajstić information content (AvgIpc) is 2.76. The number of unbranched alkanes of at least 4 members (excludes halogenated alkanes) is 14. The van der Waals surface area contributed by atoms with E-state index in [-0.39, 0.29) is 5.97 Å². The van der Waals surface area contributed by atoms with Crippen molar-refractivity contribution in [3.05, 3.63) is 24.8 Å². The summed E-state index contributed by atoms with van der Waals surface area (Å²) >= 11 is 0. The van der Waals surface area contributed by atoms with Gasteiger partial charge in [0.2, 0.25) is 0 Å². The normalized spacial score (nSPS) is 9.97. The van der Waals surface area contributed by atoms with Crippen LogP contribution >= 0.6 is 0 Å². The van der Waals surface area contributed by atoms with Gasteiger partial charge >= 0.3 is 17.9 Å². The Kier molecular flexibility index (Phi) is 25.6. The van der Waals surface area contributed by atoms with Crippen LogP contribution in [0, 0.1) is 0 Å². The van der Waals surface area contributed by atoms with Crippen molar-refractivity contribution in [2.24, 2.45) is 0 Å². The Bertz CT molecular complexity index is 510. The maximum absolute atomic E-state index is 11.3. The first-order chi connectivity index (χ1) is 15.4. The van der Waals surface area contributed by atoms with Gasteiger partial charge in [0.05, 0.1) is 6.61 Å². The molecule has 0 atom stereocenters. The Morgan fingerprint density at radius 3 is 1.44 bits per heavy atom. The highest BCUT2D eigenvalue weighted by atomic mass is 16.6. The van der Waals surface area contributed by atoms with E-state index in [0.29, 0.717) is 18.6 Å². The van der Waals surface area contributed by atoms with E-state index >= 15 is 0 Å². The molecular weight excluding hydrogens is 404 g/mol. The first-order valence-electron chi connectivity index (χ1n) is 12.6. The fraction of sp³-hybridized carbons (Fsp3) is 0.741. The predicted octanol–water partition coefficient (Wildman–Crippen LogP) is 7.63. The first kappa shape index (κ1) is 32.3. The van der Waals surface area contributed by atoms with Gasteiger partial charge in [-0.2, -0.15) is 0 Å². The van der Waals surface area contributed by atoms with Gasteiger partial charge in [-0.3, -0.25) is 4.79 Å². The van der Waals surface area contributed by atoms with E-state index in [1.54, 1.807) is 13.8 Å². The van der Waals surface area contributed by atoms with E-state index in [0.717, 1.165) is 18.9 Å². The van der Waals surface area contributed by atoms with Crippen molar-refractivity contribution in [1.82, 2.24) is 0 Å². The zero-order chi connectivity index (χ0) is 24.5. The molecule has 0 spiro atoms. The fourth-order valence-electron chi connectivity index (χ4n) is 3.10. The maximum Gasteiger partial charge on any atom is 0.337 e. The minimum atomic E-state index is -0.652. The molecule has 0 fully saturated rings. The lowest BCUT2D eigenvalue weighted by Crippen LogP contribution is -2.09. The minimum Gasteiger partial charge on any atom is -0.463 e. The zero-order valence-electron chi connectivity index (χ0n) is 21.1. The van der Waals surface area contributed by atoms with Gasteiger partial charge < -0.3 is 9.47 Å². The molecule has 32 heavy (non-hydrogen) atoms. The summed E-state index contributed by atoms with van der Waals surface area (Å²) in [7, 11) is 0. The number of hydrogen-bond acceptors (Lipinski definition) is 5. The van der Waals surface area contributed by atoms with Crippen molar-refractivity contribution in [3.63, 3.8) is 0 Å².